The van der Waals surface area contributed by atoms with E-state index in [4.69, 9.17) is 10.5 Å². The van der Waals surface area contributed by atoms with Crippen LogP contribution >= 0.6 is 0 Å². The van der Waals surface area contributed by atoms with Gasteiger partial charge in [0.2, 0.25) is 0 Å². The second kappa shape index (κ2) is 6.63. The van der Waals surface area contributed by atoms with E-state index in [2.05, 4.69) is 9.97 Å². The minimum absolute atomic E-state index is 0.379. The SMILES string of the molecule is CCCOc1cncc(C(N)(CC)c2ccc(F)cn2)c1. The number of nitrogens with two attached hydrogens (primary N) is 1. The molecule has 1 unspecified atom stereocenters. The van der Waals surface area contributed by atoms with E-state index in [9.17, 15) is 4.39 Å². The van der Waals surface area contributed by atoms with Crippen molar-refractivity contribution in [2.75, 3.05) is 6.61 Å². The highest BCUT2D eigenvalue weighted by molar-refractivity contribution is 5.36. The summed E-state index contributed by atoms with van der Waals surface area (Å²) in [6.07, 6.45) is 6.08. The van der Waals surface area contributed by atoms with Crippen LogP contribution in [0, 0.1) is 5.82 Å². The molecule has 0 radical (unpaired) electrons. The second-order valence-corrected chi connectivity index (χ2v) is 4.94. The normalized spacial score (nSPS) is 13.7. The Labute approximate surface area is 124 Å². The van der Waals surface area contributed by atoms with Gasteiger partial charge in [-0.25, -0.2) is 4.39 Å². The molecule has 2 aromatic heterocycles. The summed E-state index contributed by atoms with van der Waals surface area (Å²) in [7, 11) is 0. The molecule has 2 N–H and O–H groups in total. The Hall–Kier alpha value is -2.01. The highest BCUT2D eigenvalue weighted by Crippen LogP contribution is 2.30. The number of halogens is 1. The Kier molecular flexibility index (Phi) is 4.85. The molecule has 0 aliphatic rings. The first-order chi connectivity index (χ1) is 10.1. The van der Waals surface area contributed by atoms with E-state index in [-0.39, 0.29) is 5.82 Å². The maximum absolute atomic E-state index is 13.0. The van der Waals surface area contributed by atoms with Crippen molar-refractivity contribution in [2.24, 2.45) is 5.73 Å². The van der Waals surface area contributed by atoms with Gasteiger partial charge >= 0.3 is 0 Å². The molecule has 5 heteroatoms. The Morgan fingerprint density at radius 1 is 1.24 bits per heavy atom. The Morgan fingerprint density at radius 3 is 2.67 bits per heavy atom. The molecule has 4 nitrogen and oxygen atoms in total. The molecule has 112 valence electrons. The van der Waals surface area contributed by atoms with E-state index in [0.717, 1.165) is 12.0 Å². The van der Waals surface area contributed by atoms with E-state index >= 15 is 0 Å². The third-order valence-corrected chi connectivity index (χ3v) is 3.44. The lowest BCUT2D eigenvalue weighted by molar-refractivity contribution is 0.315. The van der Waals surface area contributed by atoms with Gasteiger partial charge in [-0.15, -0.1) is 0 Å². The quantitative estimate of drug-likeness (QED) is 0.888. The van der Waals surface area contributed by atoms with Crippen molar-refractivity contribution in [3.8, 4) is 5.75 Å². The molecule has 0 fully saturated rings. The highest BCUT2D eigenvalue weighted by Gasteiger charge is 2.30. The highest BCUT2D eigenvalue weighted by atomic mass is 19.1. The number of ether oxygens (including phenoxy) is 1. The molecule has 2 heterocycles. The van der Waals surface area contributed by atoms with Gasteiger partial charge in [0.15, 0.2) is 0 Å². The third kappa shape index (κ3) is 3.36. The zero-order chi connectivity index (χ0) is 15.3. The lowest BCUT2D eigenvalue weighted by Crippen LogP contribution is -2.38. The first kappa shape index (κ1) is 15.4. The average molecular weight is 289 g/mol. The van der Waals surface area contributed by atoms with Crippen LogP contribution in [0.25, 0.3) is 0 Å². The Balaban J connectivity index is 2.37. The van der Waals surface area contributed by atoms with Crippen LogP contribution in [0.1, 0.15) is 37.9 Å². The van der Waals surface area contributed by atoms with Crippen LogP contribution in [0.2, 0.25) is 0 Å². The van der Waals surface area contributed by atoms with Gasteiger partial charge in [0, 0.05) is 6.20 Å². The van der Waals surface area contributed by atoms with Crippen molar-refractivity contribution in [3.63, 3.8) is 0 Å². The molecule has 21 heavy (non-hydrogen) atoms. The predicted molar refractivity (Wildman–Crippen MR) is 79.5 cm³/mol. The molecule has 0 spiro atoms. The molecule has 2 rings (SSSR count). The first-order valence-electron chi connectivity index (χ1n) is 7.09. The maximum atomic E-state index is 13.0. The maximum Gasteiger partial charge on any atom is 0.141 e. The summed E-state index contributed by atoms with van der Waals surface area (Å²) in [5.41, 5.74) is 7.11. The molecule has 2 aromatic rings. The average Bonchev–Trinajstić information content (AvgIpc) is 2.53. The van der Waals surface area contributed by atoms with Crippen LogP contribution < -0.4 is 10.5 Å². The van der Waals surface area contributed by atoms with Crippen LogP contribution in [0.4, 0.5) is 4.39 Å². The Bertz CT molecular complexity index is 588. The summed E-state index contributed by atoms with van der Waals surface area (Å²) in [6.45, 7) is 4.63. The van der Waals surface area contributed by atoms with E-state index in [0.29, 0.717) is 24.5 Å². The zero-order valence-corrected chi connectivity index (χ0v) is 12.3. The minimum atomic E-state index is -0.813. The van der Waals surface area contributed by atoms with Crippen molar-refractivity contribution >= 4 is 0 Å². The monoisotopic (exact) mass is 289 g/mol. The fourth-order valence-electron chi connectivity index (χ4n) is 2.13. The molecule has 0 aromatic carbocycles. The van der Waals surface area contributed by atoms with Gasteiger partial charge in [0.05, 0.1) is 30.2 Å². The van der Waals surface area contributed by atoms with Crippen molar-refractivity contribution in [3.05, 3.63) is 53.9 Å². The first-order valence-corrected chi connectivity index (χ1v) is 7.09. The summed E-state index contributed by atoms with van der Waals surface area (Å²) in [5.74, 6) is 0.301. The van der Waals surface area contributed by atoms with Crippen molar-refractivity contribution in [2.45, 2.75) is 32.2 Å². The number of nitrogens with zero attached hydrogens (tertiary/aromatic N) is 2. The second-order valence-electron chi connectivity index (χ2n) is 4.94. The molecule has 0 saturated carbocycles. The smallest absolute Gasteiger partial charge is 0.141 e. The lowest BCUT2D eigenvalue weighted by Gasteiger charge is -2.28. The van der Waals surface area contributed by atoms with Crippen LogP contribution in [-0.2, 0) is 5.54 Å². The number of hydrogen-bond donors (Lipinski definition) is 1. The summed E-state index contributed by atoms with van der Waals surface area (Å²) in [6, 6.07) is 4.85. The summed E-state index contributed by atoms with van der Waals surface area (Å²) in [5, 5.41) is 0. The topological polar surface area (TPSA) is 61.0 Å². The molecule has 0 aliphatic heterocycles. The van der Waals surface area contributed by atoms with E-state index in [1.54, 1.807) is 18.5 Å². The van der Waals surface area contributed by atoms with Gasteiger partial charge in [-0.3, -0.25) is 9.97 Å². The number of rotatable bonds is 6. The fraction of sp³-hybridized carbons (Fsp3) is 0.375. The fourth-order valence-corrected chi connectivity index (χ4v) is 2.13. The van der Waals surface area contributed by atoms with Gasteiger partial charge in [0.1, 0.15) is 11.6 Å². The summed E-state index contributed by atoms with van der Waals surface area (Å²) >= 11 is 0. The van der Waals surface area contributed by atoms with Crippen molar-refractivity contribution < 1.29 is 9.13 Å². The van der Waals surface area contributed by atoms with Gasteiger partial charge in [0.25, 0.3) is 0 Å². The summed E-state index contributed by atoms with van der Waals surface area (Å²) in [4.78, 5) is 8.31. The van der Waals surface area contributed by atoms with Crippen LogP contribution in [-0.4, -0.2) is 16.6 Å². The summed E-state index contributed by atoms with van der Waals surface area (Å²) < 4.78 is 18.6. The zero-order valence-electron chi connectivity index (χ0n) is 12.3. The third-order valence-electron chi connectivity index (χ3n) is 3.44. The van der Waals surface area contributed by atoms with E-state index in [1.165, 1.54) is 12.3 Å². The van der Waals surface area contributed by atoms with E-state index < -0.39 is 5.54 Å². The van der Waals surface area contributed by atoms with Crippen LogP contribution in [0.15, 0.2) is 36.8 Å². The largest absolute Gasteiger partial charge is 0.492 e. The Morgan fingerprint density at radius 2 is 2.05 bits per heavy atom. The standard InChI is InChI=1S/C16H20FN3O/c1-3-7-21-14-8-12(9-19-11-14)16(18,4-2)15-6-5-13(17)10-20-15/h5-6,8-11H,3-4,7,18H2,1-2H3. The molecule has 0 saturated heterocycles. The van der Waals surface area contributed by atoms with Crippen molar-refractivity contribution in [1.82, 2.24) is 9.97 Å². The van der Waals surface area contributed by atoms with Gasteiger partial charge < -0.3 is 10.5 Å². The van der Waals surface area contributed by atoms with Gasteiger partial charge in [-0.05, 0) is 36.6 Å². The number of hydrogen-bond acceptors (Lipinski definition) is 4. The van der Waals surface area contributed by atoms with Crippen molar-refractivity contribution in [1.29, 1.82) is 0 Å². The molecular formula is C16H20FN3O. The van der Waals surface area contributed by atoms with Crippen LogP contribution in [0.5, 0.6) is 5.75 Å². The van der Waals surface area contributed by atoms with E-state index in [1.807, 2.05) is 19.9 Å². The molecule has 0 amide bonds. The molecule has 1 atom stereocenters. The molecule has 0 bridgehead atoms. The number of pyridine rings is 2. The predicted octanol–water partition coefficient (Wildman–Crippen LogP) is 3.02. The number of aromatic nitrogens is 2. The van der Waals surface area contributed by atoms with Crippen LogP contribution in [0.3, 0.4) is 0 Å². The minimum Gasteiger partial charge on any atom is -0.492 e. The van der Waals surface area contributed by atoms with Gasteiger partial charge in [-0.1, -0.05) is 13.8 Å². The molecule has 0 aliphatic carbocycles. The van der Waals surface area contributed by atoms with Gasteiger partial charge in [-0.2, -0.15) is 0 Å². The molecular weight excluding hydrogens is 269 g/mol. The lowest BCUT2D eigenvalue weighted by atomic mass is 9.85.